The third kappa shape index (κ3) is 3.51. The van der Waals surface area contributed by atoms with Crippen LogP contribution >= 0.6 is 0 Å². The highest BCUT2D eigenvalue weighted by atomic mass is 16.5. The smallest absolute Gasteiger partial charge is 0.222 e. The molecule has 0 N–H and O–H groups in total. The molecule has 5 heteroatoms. The van der Waals surface area contributed by atoms with Gasteiger partial charge in [0.1, 0.15) is 0 Å². The monoisotopic (exact) mass is 282 g/mol. The van der Waals surface area contributed by atoms with Crippen LogP contribution in [0.25, 0.3) is 0 Å². The van der Waals surface area contributed by atoms with E-state index in [1.165, 1.54) is 0 Å². The quantitative estimate of drug-likeness (QED) is 0.765. The van der Waals surface area contributed by atoms with E-state index in [0.717, 1.165) is 71.9 Å². The van der Waals surface area contributed by atoms with Crippen molar-refractivity contribution in [1.82, 2.24) is 9.80 Å². The number of amides is 1. The molecule has 0 radical (unpaired) electrons. The second kappa shape index (κ2) is 6.87. The summed E-state index contributed by atoms with van der Waals surface area (Å²) in [5.74, 6) is 0.792. The molecule has 0 aromatic carbocycles. The van der Waals surface area contributed by atoms with E-state index >= 15 is 0 Å². The lowest BCUT2D eigenvalue weighted by molar-refractivity contribution is -0.134. The minimum absolute atomic E-state index is 0.334. The number of ether oxygens (including phenoxy) is 2. The molecule has 3 rings (SSSR count). The van der Waals surface area contributed by atoms with Crippen LogP contribution in [0.2, 0.25) is 0 Å². The first-order valence-electron chi connectivity index (χ1n) is 8.00. The average molecular weight is 282 g/mol. The van der Waals surface area contributed by atoms with Crippen LogP contribution in [-0.4, -0.2) is 74.4 Å². The molecule has 0 aliphatic carbocycles. The number of nitrogens with zero attached hydrogens (tertiary/aromatic N) is 2. The maximum atomic E-state index is 12.3. The minimum Gasteiger partial charge on any atom is -0.381 e. The van der Waals surface area contributed by atoms with Crippen molar-refractivity contribution >= 4 is 5.91 Å². The normalized spacial score (nSPS) is 29.8. The van der Waals surface area contributed by atoms with E-state index in [2.05, 4.69) is 9.80 Å². The van der Waals surface area contributed by atoms with Crippen molar-refractivity contribution in [3.63, 3.8) is 0 Å². The van der Waals surface area contributed by atoms with Gasteiger partial charge in [0.25, 0.3) is 0 Å². The molecule has 0 bridgehead atoms. The maximum absolute atomic E-state index is 12.3. The number of carbonyl (C=O) groups excluding carboxylic acids is 1. The fourth-order valence-corrected chi connectivity index (χ4v) is 3.54. The lowest BCUT2D eigenvalue weighted by Crippen LogP contribution is -2.50. The van der Waals surface area contributed by atoms with Crippen molar-refractivity contribution in [3.8, 4) is 0 Å². The van der Waals surface area contributed by atoms with Gasteiger partial charge < -0.3 is 14.4 Å². The van der Waals surface area contributed by atoms with E-state index in [1.54, 1.807) is 0 Å². The summed E-state index contributed by atoms with van der Waals surface area (Å²) >= 11 is 0. The number of likely N-dealkylation sites (tertiary alicyclic amines) is 1. The molecule has 0 unspecified atom stereocenters. The highest BCUT2D eigenvalue weighted by Gasteiger charge is 2.29. The Labute approximate surface area is 121 Å². The Bertz CT molecular complexity index is 317. The van der Waals surface area contributed by atoms with Gasteiger partial charge in [0, 0.05) is 51.9 Å². The first-order chi connectivity index (χ1) is 9.83. The zero-order valence-corrected chi connectivity index (χ0v) is 12.3. The van der Waals surface area contributed by atoms with Gasteiger partial charge in [-0.3, -0.25) is 9.69 Å². The average Bonchev–Trinajstić information content (AvgIpc) is 3.01. The van der Waals surface area contributed by atoms with Crippen LogP contribution in [0.3, 0.4) is 0 Å². The Morgan fingerprint density at radius 3 is 2.35 bits per heavy atom. The van der Waals surface area contributed by atoms with E-state index in [0.29, 0.717) is 24.3 Å². The third-order valence-corrected chi connectivity index (χ3v) is 4.87. The van der Waals surface area contributed by atoms with E-state index in [1.807, 2.05) is 0 Å². The van der Waals surface area contributed by atoms with Crippen LogP contribution in [0.5, 0.6) is 0 Å². The lowest BCUT2D eigenvalue weighted by atomic mass is 10.00. The summed E-state index contributed by atoms with van der Waals surface area (Å²) < 4.78 is 10.8. The fraction of sp³-hybridized carbons (Fsp3) is 0.933. The van der Waals surface area contributed by atoms with Gasteiger partial charge in [0.05, 0.1) is 13.2 Å². The first-order valence-corrected chi connectivity index (χ1v) is 8.00. The molecular formula is C15H26N2O3. The summed E-state index contributed by atoms with van der Waals surface area (Å²) in [6.07, 6.45) is 3.97. The van der Waals surface area contributed by atoms with Crippen molar-refractivity contribution < 1.29 is 14.3 Å². The topological polar surface area (TPSA) is 42.0 Å². The lowest BCUT2D eigenvalue weighted by Gasteiger charge is -2.40. The highest BCUT2D eigenvalue weighted by Crippen LogP contribution is 2.21. The molecule has 20 heavy (non-hydrogen) atoms. The number of morpholine rings is 1. The van der Waals surface area contributed by atoms with Crippen LogP contribution in [0, 0.1) is 5.92 Å². The predicted molar refractivity (Wildman–Crippen MR) is 75.5 cm³/mol. The molecule has 114 valence electrons. The predicted octanol–water partition coefficient (Wildman–Crippen LogP) is 0.736. The number of hydrogen-bond acceptors (Lipinski definition) is 4. The van der Waals surface area contributed by atoms with Crippen molar-refractivity contribution in [1.29, 1.82) is 0 Å². The van der Waals surface area contributed by atoms with Crippen LogP contribution in [0.4, 0.5) is 0 Å². The summed E-state index contributed by atoms with van der Waals surface area (Å²) in [5.41, 5.74) is 0. The standard InChI is InChI=1S/C15H26N2O3/c18-15(11-13-3-8-20-12-13)17-4-1-14(2-5-17)16-6-9-19-10-7-16/h13-14H,1-12H2/t13-/m1/s1. The van der Waals surface area contributed by atoms with E-state index in [4.69, 9.17) is 9.47 Å². The zero-order valence-electron chi connectivity index (χ0n) is 12.3. The second-order valence-electron chi connectivity index (χ2n) is 6.19. The van der Waals surface area contributed by atoms with Gasteiger partial charge in [-0.05, 0) is 25.2 Å². The molecule has 3 aliphatic rings. The van der Waals surface area contributed by atoms with E-state index in [-0.39, 0.29) is 0 Å². The minimum atomic E-state index is 0.334. The van der Waals surface area contributed by atoms with Crippen molar-refractivity contribution in [2.24, 2.45) is 5.92 Å². The molecule has 0 aromatic rings. The number of hydrogen-bond donors (Lipinski definition) is 0. The third-order valence-electron chi connectivity index (χ3n) is 4.87. The molecule has 0 spiro atoms. The van der Waals surface area contributed by atoms with Gasteiger partial charge in [0.2, 0.25) is 5.91 Å². The first kappa shape index (κ1) is 14.3. The van der Waals surface area contributed by atoms with E-state index in [9.17, 15) is 4.79 Å². The molecule has 1 atom stereocenters. The van der Waals surface area contributed by atoms with Gasteiger partial charge >= 0.3 is 0 Å². The van der Waals surface area contributed by atoms with Crippen LogP contribution in [-0.2, 0) is 14.3 Å². The van der Waals surface area contributed by atoms with Gasteiger partial charge in [-0.25, -0.2) is 0 Å². The van der Waals surface area contributed by atoms with Gasteiger partial charge in [-0.1, -0.05) is 0 Å². The zero-order chi connectivity index (χ0) is 13.8. The molecular weight excluding hydrogens is 256 g/mol. The van der Waals surface area contributed by atoms with Gasteiger partial charge in [-0.2, -0.15) is 0 Å². The highest BCUT2D eigenvalue weighted by molar-refractivity contribution is 5.76. The fourth-order valence-electron chi connectivity index (χ4n) is 3.54. The van der Waals surface area contributed by atoms with E-state index < -0.39 is 0 Å². The Morgan fingerprint density at radius 1 is 0.950 bits per heavy atom. The van der Waals surface area contributed by atoms with Gasteiger partial charge in [-0.15, -0.1) is 0 Å². The second-order valence-corrected chi connectivity index (χ2v) is 6.19. The maximum Gasteiger partial charge on any atom is 0.222 e. The van der Waals surface area contributed by atoms with Gasteiger partial charge in [0.15, 0.2) is 0 Å². The van der Waals surface area contributed by atoms with Crippen LogP contribution < -0.4 is 0 Å². The van der Waals surface area contributed by atoms with Crippen molar-refractivity contribution in [3.05, 3.63) is 0 Å². The summed E-state index contributed by atoms with van der Waals surface area (Å²) in [4.78, 5) is 16.9. The summed E-state index contributed by atoms with van der Waals surface area (Å²) in [7, 11) is 0. The Morgan fingerprint density at radius 2 is 1.70 bits per heavy atom. The molecule has 3 fully saturated rings. The molecule has 5 nitrogen and oxygen atoms in total. The SMILES string of the molecule is O=C(C[C@H]1CCOC1)N1CCC(N2CCOCC2)CC1. The Hall–Kier alpha value is -0.650. The number of carbonyl (C=O) groups is 1. The summed E-state index contributed by atoms with van der Waals surface area (Å²) in [6.45, 7) is 7.29. The van der Waals surface area contributed by atoms with Crippen LogP contribution in [0.15, 0.2) is 0 Å². The summed E-state index contributed by atoms with van der Waals surface area (Å²) in [6, 6.07) is 0.651. The Kier molecular flexibility index (Phi) is 4.91. The van der Waals surface area contributed by atoms with Crippen LogP contribution in [0.1, 0.15) is 25.7 Å². The number of rotatable bonds is 3. The molecule has 1 amide bonds. The largest absolute Gasteiger partial charge is 0.381 e. The van der Waals surface area contributed by atoms with Crippen molar-refractivity contribution in [2.45, 2.75) is 31.7 Å². The molecule has 3 saturated heterocycles. The molecule has 3 heterocycles. The molecule has 0 aromatic heterocycles. The summed E-state index contributed by atoms with van der Waals surface area (Å²) in [5, 5.41) is 0. The Balaban J connectivity index is 1.41. The molecule has 0 saturated carbocycles. The molecule has 3 aliphatic heterocycles. The number of piperidine rings is 1. The van der Waals surface area contributed by atoms with Crippen molar-refractivity contribution in [2.75, 3.05) is 52.6 Å².